The minimum absolute atomic E-state index is 0. The number of rotatable bonds is 1. The Balaban J connectivity index is 0. The third kappa shape index (κ3) is 4.60. The minimum atomic E-state index is 0. The summed E-state index contributed by atoms with van der Waals surface area (Å²) in [6.07, 6.45) is 0. The summed E-state index contributed by atoms with van der Waals surface area (Å²) in [5.74, 6) is 0.337. The van der Waals surface area contributed by atoms with Gasteiger partial charge in [-0.1, -0.05) is 63.2 Å². The largest absolute Gasteiger partial charge is 2.00 e. The number of para-hydroxylation sites is 1. The van der Waals surface area contributed by atoms with Crippen molar-refractivity contribution < 1.29 is 31.3 Å². The molecule has 0 bridgehead atoms. The third-order valence-corrected chi connectivity index (χ3v) is 2.93. The van der Waals surface area contributed by atoms with Crippen LogP contribution in [0.15, 0.2) is 48.5 Å². The van der Waals surface area contributed by atoms with Crippen LogP contribution >= 0.6 is 0 Å². The Morgan fingerprint density at radius 3 is 1.70 bits per heavy atom. The molecule has 0 saturated heterocycles. The molecule has 0 aliphatic rings. The van der Waals surface area contributed by atoms with Gasteiger partial charge in [-0.2, -0.15) is 0 Å². The van der Waals surface area contributed by atoms with Gasteiger partial charge >= 0.3 is 26.2 Å². The van der Waals surface area contributed by atoms with Gasteiger partial charge in [-0.3, -0.25) is 0 Å². The number of phenols is 1. The molecule has 0 atom stereocenters. The van der Waals surface area contributed by atoms with Gasteiger partial charge in [0.15, 0.2) is 0 Å². The molecule has 0 heterocycles. The zero-order chi connectivity index (χ0) is 12.5. The first kappa shape index (κ1) is 21.4. The van der Waals surface area contributed by atoms with Gasteiger partial charge in [-0.05, 0) is 22.6 Å². The third-order valence-electron chi connectivity index (χ3n) is 2.93. The molecule has 106 valence electrons. The van der Waals surface area contributed by atoms with Crippen molar-refractivity contribution >= 4 is 0 Å². The fourth-order valence-corrected chi connectivity index (χ4v) is 2.07. The minimum Gasteiger partial charge on any atom is -0.507 e. The van der Waals surface area contributed by atoms with E-state index in [4.69, 9.17) is 0 Å². The molecule has 0 fully saturated rings. The molecule has 0 aliphatic heterocycles. The Hall–Kier alpha value is -0.877. The number of benzene rings is 2. The molecule has 2 aromatic carbocycles. The Labute approximate surface area is 143 Å². The summed E-state index contributed by atoms with van der Waals surface area (Å²) in [6.45, 7) is 6.56. The number of hydrogen-bond acceptors (Lipinski definition) is 1. The summed E-state index contributed by atoms with van der Waals surface area (Å²) in [4.78, 5) is 0. The molecule has 2 heteroatoms. The van der Waals surface area contributed by atoms with Crippen molar-refractivity contribution in [2.75, 3.05) is 0 Å². The van der Waals surface area contributed by atoms with E-state index in [-0.39, 0.29) is 46.5 Å². The quantitative estimate of drug-likeness (QED) is 0.698. The molecule has 2 rings (SSSR count). The second-order valence-corrected chi connectivity index (χ2v) is 5.31. The van der Waals surface area contributed by atoms with E-state index in [1.807, 2.05) is 30.3 Å². The van der Waals surface area contributed by atoms with Gasteiger partial charge in [0, 0.05) is 5.56 Å². The van der Waals surface area contributed by atoms with Crippen molar-refractivity contribution in [3.63, 3.8) is 0 Å². The fraction of sp³-hybridized carbons (Fsp3) is 0.222. The van der Waals surface area contributed by atoms with Crippen molar-refractivity contribution in [2.45, 2.75) is 26.2 Å². The SMILES string of the molecule is CC(C)(C)c1ccccc1-c1ccccc1O.[CH3-].[CH3-].[Zr+2]. The van der Waals surface area contributed by atoms with Crippen LogP contribution in [0.5, 0.6) is 5.75 Å². The maximum Gasteiger partial charge on any atom is 2.00 e. The molecule has 0 amide bonds. The first-order valence-corrected chi connectivity index (χ1v) is 5.88. The number of phenolic OH excluding ortho intramolecular Hbond substituents is 1. The van der Waals surface area contributed by atoms with Gasteiger partial charge in [0.25, 0.3) is 0 Å². The molecular formula is C18H24OZr. The van der Waals surface area contributed by atoms with E-state index in [2.05, 4.69) is 32.9 Å². The molecule has 20 heavy (non-hydrogen) atoms. The zero-order valence-corrected chi connectivity index (χ0v) is 15.5. The van der Waals surface area contributed by atoms with E-state index >= 15 is 0 Å². The van der Waals surface area contributed by atoms with Crippen LogP contribution < -0.4 is 0 Å². The van der Waals surface area contributed by atoms with Gasteiger partial charge in [0.05, 0.1) is 0 Å². The summed E-state index contributed by atoms with van der Waals surface area (Å²) < 4.78 is 0. The molecule has 0 aliphatic carbocycles. The van der Waals surface area contributed by atoms with Crippen LogP contribution in [0.25, 0.3) is 11.1 Å². The Morgan fingerprint density at radius 2 is 1.20 bits per heavy atom. The van der Waals surface area contributed by atoms with Gasteiger partial charge in [0.1, 0.15) is 5.75 Å². The maximum atomic E-state index is 9.95. The molecule has 1 N–H and O–H groups in total. The monoisotopic (exact) mass is 346 g/mol. The molecule has 0 unspecified atom stereocenters. The topological polar surface area (TPSA) is 20.2 Å². The summed E-state index contributed by atoms with van der Waals surface area (Å²) in [5, 5.41) is 9.95. The van der Waals surface area contributed by atoms with Crippen LogP contribution in [0.1, 0.15) is 26.3 Å². The molecular weight excluding hydrogens is 323 g/mol. The Bertz CT molecular complexity index is 527. The van der Waals surface area contributed by atoms with E-state index < -0.39 is 0 Å². The van der Waals surface area contributed by atoms with Crippen molar-refractivity contribution in [3.05, 3.63) is 68.9 Å². The molecule has 1 nitrogen and oxygen atoms in total. The summed E-state index contributed by atoms with van der Waals surface area (Å²) in [6, 6.07) is 15.7. The van der Waals surface area contributed by atoms with Crippen LogP contribution in [-0.4, -0.2) is 5.11 Å². The van der Waals surface area contributed by atoms with Crippen LogP contribution in [0.2, 0.25) is 0 Å². The maximum absolute atomic E-state index is 9.95. The normalized spacial score (nSPS) is 9.75. The average Bonchev–Trinajstić information content (AvgIpc) is 2.28. The van der Waals surface area contributed by atoms with E-state index in [0.717, 1.165) is 11.1 Å². The second-order valence-electron chi connectivity index (χ2n) is 5.31. The van der Waals surface area contributed by atoms with Gasteiger partial charge in [0.2, 0.25) is 0 Å². The first-order chi connectivity index (χ1) is 8.00. The van der Waals surface area contributed by atoms with Crippen molar-refractivity contribution in [1.29, 1.82) is 0 Å². The van der Waals surface area contributed by atoms with Crippen LogP contribution in [-0.2, 0) is 31.6 Å². The van der Waals surface area contributed by atoms with E-state index in [1.165, 1.54) is 5.56 Å². The van der Waals surface area contributed by atoms with Crippen molar-refractivity contribution in [3.8, 4) is 16.9 Å². The van der Waals surface area contributed by atoms with E-state index in [0.29, 0.717) is 5.75 Å². The van der Waals surface area contributed by atoms with Gasteiger partial charge in [-0.15, -0.1) is 0 Å². The zero-order valence-electron chi connectivity index (χ0n) is 13.1. The smallest absolute Gasteiger partial charge is 0.507 e. The average molecular weight is 348 g/mol. The molecule has 0 radical (unpaired) electrons. The summed E-state index contributed by atoms with van der Waals surface area (Å²) in [7, 11) is 0. The van der Waals surface area contributed by atoms with Crippen LogP contribution in [0.4, 0.5) is 0 Å². The van der Waals surface area contributed by atoms with Crippen LogP contribution in [0, 0.1) is 14.9 Å². The van der Waals surface area contributed by atoms with E-state index in [9.17, 15) is 5.11 Å². The van der Waals surface area contributed by atoms with Crippen molar-refractivity contribution in [1.82, 2.24) is 0 Å². The van der Waals surface area contributed by atoms with Gasteiger partial charge in [-0.25, -0.2) is 0 Å². The standard InChI is InChI=1S/C16H18O.2CH3.Zr/c1-16(2,3)14-10-6-4-8-12(14)13-9-5-7-11-15(13)17;;;/h4-11,17H,1-3H3;2*1H3;/q;2*-1;+2. The van der Waals surface area contributed by atoms with Crippen LogP contribution in [0.3, 0.4) is 0 Å². The van der Waals surface area contributed by atoms with E-state index in [1.54, 1.807) is 6.07 Å². The van der Waals surface area contributed by atoms with Gasteiger partial charge < -0.3 is 20.0 Å². The second kappa shape index (κ2) is 8.42. The predicted octanol–water partition coefficient (Wildman–Crippen LogP) is 5.25. The summed E-state index contributed by atoms with van der Waals surface area (Å²) >= 11 is 0. The molecule has 0 saturated carbocycles. The first-order valence-electron chi connectivity index (χ1n) is 5.88. The number of aromatic hydroxyl groups is 1. The predicted molar refractivity (Wildman–Crippen MR) is 85.1 cm³/mol. The molecule has 0 aromatic heterocycles. The molecule has 0 spiro atoms. The number of hydrogen-bond donors (Lipinski definition) is 1. The molecule has 2 aromatic rings. The summed E-state index contributed by atoms with van der Waals surface area (Å²) in [5.41, 5.74) is 3.33. The van der Waals surface area contributed by atoms with Crippen molar-refractivity contribution in [2.24, 2.45) is 0 Å². The fourth-order valence-electron chi connectivity index (χ4n) is 2.07. The Kier molecular flexibility index (Phi) is 9.02. The Morgan fingerprint density at radius 1 is 0.750 bits per heavy atom.